The molecule has 1 aliphatic heterocycles. The van der Waals surface area contributed by atoms with Crippen molar-refractivity contribution in [2.24, 2.45) is 5.92 Å². The first-order valence-corrected chi connectivity index (χ1v) is 8.91. The highest BCUT2D eigenvalue weighted by Crippen LogP contribution is 2.20. The van der Waals surface area contributed by atoms with Crippen molar-refractivity contribution in [3.8, 4) is 0 Å². The van der Waals surface area contributed by atoms with Crippen molar-refractivity contribution in [2.45, 2.75) is 32.6 Å². The summed E-state index contributed by atoms with van der Waals surface area (Å²) in [6.07, 6.45) is 3.56. The molecule has 1 heterocycles. The van der Waals surface area contributed by atoms with Gasteiger partial charge in [0, 0.05) is 26.7 Å². The van der Waals surface area contributed by atoms with Crippen LogP contribution >= 0.6 is 0 Å². The molecule has 1 atom stereocenters. The zero-order chi connectivity index (χ0) is 15.9. The fraction of sp³-hybridized carbons (Fsp3) is 0.923. The monoisotopic (exact) mass is 321 g/mol. The van der Waals surface area contributed by atoms with E-state index in [9.17, 15) is 13.2 Å². The van der Waals surface area contributed by atoms with Gasteiger partial charge in [0.05, 0.1) is 6.54 Å². The van der Waals surface area contributed by atoms with Crippen LogP contribution in [-0.2, 0) is 15.0 Å². The van der Waals surface area contributed by atoms with Gasteiger partial charge in [0.1, 0.15) is 0 Å². The molecule has 1 fully saturated rings. The molecule has 21 heavy (non-hydrogen) atoms. The average Bonchev–Trinajstić information content (AvgIpc) is 2.44. The first kappa shape index (κ1) is 18.3. The minimum atomic E-state index is -3.39. The van der Waals surface area contributed by atoms with E-state index in [4.69, 9.17) is 5.11 Å². The maximum Gasteiger partial charge on any atom is 0.317 e. The molecule has 1 saturated heterocycles. The molecule has 0 aliphatic carbocycles. The van der Waals surface area contributed by atoms with Crippen molar-refractivity contribution >= 4 is 16.2 Å². The number of hydrogen-bond acceptors (Lipinski definition) is 4. The first-order valence-electron chi connectivity index (χ1n) is 7.51. The molecule has 0 aromatic rings. The van der Waals surface area contributed by atoms with Crippen LogP contribution in [0.1, 0.15) is 32.6 Å². The summed E-state index contributed by atoms with van der Waals surface area (Å²) in [6.45, 7) is 4.04. The van der Waals surface area contributed by atoms with Crippen LogP contribution < -0.4 is 5.32 Å². The van der Waals surface area contributed by atoms with E-state index in [1.165, 1.54) is 8.61 Å². The van der Waals surface area contributed by atoms with Gasteiger partial charge in [-0.25, -0.2) is 0 Å². The molecule has 0 aromatic heterocycles. The first-order chi connectivity index (χ1) is 9.87. The molecule has 0 bridgehead atoms. The van der Waals surface area contributed by atoms with Crippen LogP contribution in [0.4, 0.5) is 0 Å². The Morgan fingerprint density at radius 1 is 1.48 bits per heavy atom. The Kier molecular flexibility index (Phi) is 7.58. The molecule has 0 spiro atoms. The fourth-order valence-electron chi connectivity index (χ4n) is 2.48. The third-order valence-corrected chi connectivity index (χ3v) is 5.69. The lowest BCUT2D eigenvalue weighted by atomic mass is 10.00. The molecule has 7 nitrogen and oxygen atoms in total. The van der Waals surface area contributed by atoms with Crippen LogP contribution in [0.3, 0.4) is 0 Å². The highest BCUT2D eigenvalue weighted by Gasteiger charge is 2.31. The molecule has 0 saturated carbocycles. The number of carboxylic acid groups (broad SMARTS) is 1. The molecule has 0 aromatic carbocycles. The van der Waals surface area contributed by atoms with Gasteiger partial charge in [-0.1, -0.05) is 13.3 Å². The number of hydrogen-bond donors (Lipinski definition) is 2. The molecule has 0 amide bonds. The molecular weight excluding hydrogens is 294 g/mol. The second-order valence-electron chi connectivity index (χ2n) is 5.57. The van der Waals surface area contributed by atoms with Gasteiger partial charge in [-0.15, -0.1) is 0 Å². The van der Waals surface area contributed by atoms with Gasteiger partial charge in [-0.2, -0.15) is 17.0 Å². The van der Waals surface area contributed by atoms with Crippen LogP contribution in [0, 0.1) is 5.92 Å². The van der Waals surface area contributed by atoms with Crippen molar-refractivity contribution in [1.82, 2.24) is 13.9 Å². The average molecular weight is 321 g/mol. The number of carbonyl (C=O) groups is 1. The Bertz CT molecular complexity index is 427. The highest BCUT2D eigenvalue weighted by atomic mass is 32.2. The molecular formula is C13H27N3O4S. The maximum atomic E-state index is 12.5. The Labute approximate surface area is 127 Å². The van der Waals surface area contributed by atoms with Gasteiger partial charge in [0.15, 0.2) is 0 Å². The lowest BCUT2D eigenvalue weighted by Gasteiger charge is -2.34. The largest absolute Gasteiger partial charge is 0.480 e. The summed E-state index contributed by atoms with van der Waals surface area (Å²) >= 11 is 0. The number of piperidine rings is 1. The number of rotatable bonds is 9. The highest BCUT2D eigenvalue weighted by molar-refractivity contribution is 7.86. The molecule has 8 heteroatoms. The predicted molar refractivity (Wildman–Crippen MR) is 81.3 cm³/mol. The maximum absolute atomic E-state index is 12.5. The third kappa shape index (κ3) is 5.90. The van der Waals surface area contributed by atoms with Gasteiger partial charge < -0.3 is 10.4 Å². The van der Waals surface area contributed by atoms with E-state index in [-0.39, 0.29) is 12.5 Å². The van der Waals surface area contributed by atoms with E-state index in [1.807, 2.05) is 6.92 Å². The van der Waals surface area contributed by atoms with E-state index in [1.54, 1.807) is 7.05 Å². The zero-order valence-electron chi connectivity index (χ0n) is 12.9. The standard InChI is InChI=1S/C13H27N3O4S/c1-3-4-7-15(2)21(19,20)16-8-5-6-12(11-16)9-14-10-13(17)18/h12,14H,3-11H2,1-2H3,(H,17,18). The van der Waals surface area contributed by atoms with Crippen molar-refractivity contribution in [3.05, 3.63) is 0 Å². The number of unbranched alkanes of at least 4 members (excludes halogenated alkanes) is 1. The van der Waals surface area contributed by atoms with Crippen LogP contribution in [0.5, 0.6) is 0 Å². The lowest BCUT2D eigenvalue weighted by molar-refractivity contribution is -0.136. The van der Waals surface area contributed by atoms with E-state index in [2.05, 4.69) is 5.32 Å². The molecule has 1 aliphatic rings. The van der Waals surface area contributed by atoms with Crippen LogP contribution in [0.25, 0.3) is 0 Å². The summed E-state index contributed by atoms with van der Waals surface area (Å²) < 4.78 is 27.9. The molecule has 1 rings (SSSR count). The van der Waals surface area contributed by atoms with Crippen molar-refractivity contribution in [3.63, 3.8) is 0 Å². The Morgan fingerprint density at radius 3 is 2.81 bits per heavy atom. The fourth-order valence-corrected chi connectivity index (χ4v) is 3.99. The normalized spacial score (nSPS) is 20.8. The Balaban J connectivity index is 2.52. The van der Waals surface area contributed by atoms with Crippen molar-refractivity contribution in [1.29, 1.82) is 0 Å². The lowest BCUT2D eigenvalue weighted by Crippen LogP contribution is -2.48. The van der Waals surface area contributed by atoms with E-state index < -0.39 is 16.2 Å². The number of carboxylic acids is 1. The van der Waals surface area contributed by atoms with Gasteiger partial charge in [0.25, 0.3) is 10.2 Å². The van der Waals surface area contributed by atoms with E-state index in [0.29, 0.717) is 26.2 Å². The van der Waals surface area contributed by atoms with Crippen molar-refractivity contribution in [2.75, 3.05) is 39.8 Å². The van der Waals surface area contributed by atoms with Gasteiger partial charge >= 0.3 is 5.97 Å². The van der Waals surface area contributed by atoms with E-state index in [0.717, 1.165) is 25.7 Å². The van der Waals surface area contributed by atoms with Crippen LogP contribution in [-0.4, -0.2) is 67.9 Å². The number of aliphatic carboxylic acids is 1. The Morgan fingerprint density at radius 2 is 2.19 bits per heavy atom. The van der Waals surface area contributed by atoms with E-state index >= 15 is 0 Å². The van der Waals surface area contributed by atoms with Crippen LogP contribution in [0.2, 0.25) is 0 Å². The van der Waals surface area contributed by atoms with Crippen molar-refractivity contribution < 1.29 is 18.3 Å². The Hall–Kier alpha value is -0.700. The smallest absolute Gasteiger partial charge is 0.317 e. The predicted octanol–water partition coefficient (Wildman–Crippen LogP) is 0.349. The molecule has 1 unspecified atom stereocenters. The quantitative estimate of drug-likeness (QED) is 0.639. The van der Waals surface area contributed by atoms with Gasteiger partial charge in [-0.05, 0) is 31.7 Å². The SMILES string of the molecule is CCCCN(C)S(=O)(=O)N1CCCC(CNCC(=O)O)C1. The molecule has 0 radical (unpaired) electrons. The van der Waals surface area contributed by atoms with Crippen LogP contribution in [0.15, 0.2) is 0 Å². The second kappa shape index (κ2) is 8.67. The molecule has 124 valence electrons. The topological polar surface area (TPSA) is 90.0 Å². The summed E-state index contributed by atoms with van der Waals surface area (Å²) in [5, 5.41) is 11.5. The third-order valence-electron chi connectivity index (χ3n) is 3.74. The minimum absolute atomic E-state index is 0.0837. The molecule has 2 N–H and O–H groups in total. The summed E-state index contributed by atoms with van der Waals surface area (Å²) in [5.41, 5.74) is 0. The number of nitrogens with one attached hydrogen (secondary N) is 1. The number of nitrogens with zero attached hydrogens (tertiary/aromatic N) is 2. The van der Waals surface area contributed by atoms with Gasteiger partial charge in [0.2, 0.25) is 0 Å². The summed E-state index contributed by atoms with van der Waals surface area (Å²) in [4.78, 5) is 10.5. The minimum Gasteiger partial charge on any atom is -0.480 e. The zero-order valence-corrected chi connectivity index (χ0v) is 13.7. The summed E-state index contributed by atoms with van der Waals surface area (Å²) in [7, 11) is -1.76. The summed E-state index contributed by atoms with van der Waals surface area (Å²) in [5.74, 6) is -0.720. The van der Waals surface area contributed by atoms with Gasteiger partial charge in [-0.3, -0.25) is 4.79 Å². The second-order valence-corrected chi connectivity index (χ2v) is 7.61. The summed E-state index contributed by atoms with van der Waals surface area (Å²) in [6, 6.07) is 0.